The fourth-order valence-corrected chi connectivity index (χ4v) is 1.41. The molecule has 0 radical (unpaired) electrons. The van der Waals surface area contributed by atoms with Crippen LogP contribution in [0.3, 0.4) is 0 Å². The van der Waals surface area contributed by atoms with Crippen molar-refractivity contribution in [1.82, 2.24) is 0 Å². The van der Waals surface area contributed by atoms with E-state index in [0.29, 0.717) is 11.1 Å². The van der Waals surface area contributed by atoms with Gasteiger partial charge in [-0.1, -0.05) is 12.1 Å². The summed E-state index contributed by atoms with van der Waals surface area (Å²) < 4.78 is 31.2. The molecule has 0 aromatic heterocycles. The predicted octanol–water partition coefficient (Wildman–Crippen LogP) is 2.04. The second-order valence-electron chi connectivity index (χ2n) is 3.69. The van der Waals surface area contributed by atoms with E-state index in [1.54, 1.807) is 13.8 Å². The number of hydrogen-bond acceptors (Lipinski definition) is 3. The highest BCUT2D eigenvalue weighted by molar-refractivity contribution is 5.75. The van der Waals surface area contributed by atoms with Gasteiger partial charge in [0.05, 0.1) is 12.6 Å². The molecule has 0 spiro atoms. The summed E-state index contributed by atoms with van der Waals surface area (Å²) in [6.45, 7) is 3.22. The Kier molecular flexibility index (Phi) is 4.57. The average Bonchev–Trinajstić information content (AvgIpc) is 2.31. The number of benzene rings is 1. The summed E-state index contributed by atoms with van der Waals surface area (Å²) in [6.07, 6.45) is -1.94. The highest BCUT2D eigenvalue weighted by Crippen LogP contribution is 2.20. The van der Waals surface area contributed by atoms with Crippen LogP contribution in [0.15, 0.2) is 18.2 Å². The Morgan fingerprint density at radius 1 is 1.53 bits per heavy atom. The van der Waals surface area contributed by atoms with Crippen molar-refractivity contribution < 1.29 is 18.3 Å². The van der Waals surface area contributed by atoms with Crippen molar-refractivity contribution in [2.75, 3.05) is 6.61 Å². The highest BCUT2D eigenvalue weighted by Gasteiger charge is 2.27. The fraction of sp³-hybridized carbons (Fsp3) is 0.417. The molecule has 2 atom stereocenters. The van der Waals surface area contributed by atoms with Crippen molar-refractivity contribution in [3.05, 3.63) is 35.1 Å². The summed E-state index contributed by atoms with van der Waals surface area (Å²) in [4.78, 5) is 11.2. The second-order valence-corrected chi connectivity index (χ2v) is 3.69. The molecule has 0 aliphatic heterocycles. The first-order chi connectivity index (χ1) is 7.97. The molecule has 0 saturated carbocycles. The van der Waals surface area contributed by atoms with E-state index in [0.717, 1.165) is 0 Å². The minimum atomic E-state index is -1.94. The van der Waals surface area contributed by atoms with Crippen LogP contribution in [0.5, 0.6) is 0 Å². The molecule has 1 aromatic carbocycles. The van der Waals surface area contributed by atoms with Gasteiger partial charge in [0.15, 0.2) is 0 Å². The van der Waals surface area contributed by atoms with E-state index in [4.69, 9.17) is 5.73 Å². The van der Waals surface area contributed by atoms with Gasteiger partial charge in [0, 0.05) is 0 Å². The highest BCUT2D eigenvalue weighted by atomic mass is 19.1. The van der Waals surface area contributed by atoms with E-state index < -0.39 is 24.0 Å². The monoisotopic (exact) mass is 243 g/mol. The van der Waals surface area contributed by atoms with Crippen LogP contribution in [0, 0.1) is 12.7 Å². The molecule has 0 amide bonds. The SMILES string of the molecule is CCOC(=O)C(F)[C@@H](N)c1ccc(F)c(C)c1. The molecule has 0 aliphatic rings. The molecule has 1 rings (SSSR count). The Hall–Kier alpha value is -1.49. The summed E-state index contributed by atoms with van der Waals surface area (Å²) >= 11 is 0. The van der Waals surface area contributed by atoms with Crippen LogP contribution in [0.1, 0.15) is 24.1 Å². The minimum absolute atomic E-state index is 0.0917. The maximum Gasteiger partial charge on any atom is 0.342 e. The molecule has 2 N–H and O–H groups in total. The van der Waals surface area contributed by atoms with Crippen molar-refractivity contribution in [1.29, 1.82) is 0 Å². The van der Waals surface area contributed by atoms with Gasteiger partial charge in [-0.2, -0.15) is 0 Å². The van der Waals surface area contributed by atoms with Crippen molar-refractivity contribution in [3.63, 3.8) is 0 Å². The van der Waals surface area contributed by atoms with Gasteiger partial charge in [-0.05, 0) is 31.0 Å². The van der Waals surface area contributed by atoms with E-state index in [1.807, 2.05) is 0 Å². The van der Waals surface area contributed by atoms with Crippen LogP contribution < -0.4 is 5.73 Å². The zero-order valence-corrected chi connectivity index (χ0v) is 9.74. The van der Waals surface area contributed by atoms with Crippen LogP contribution in [0.25, 0.3) is 0 Å². The molecule has 0 saturated heterocycles. The number of hydrogen-bond donors (Lipinski definition) is 1. The van der Waals surface area contributed by atoms with Crippen molar-refractivity contribution >= 4 is 5.97 Å². The van der Waals surface area contributed by atoms with Gasteiger partial charge < -0.3 is 10.5 Å². The van der Waals surface area contributed by atoms with Crippen LogP contribution >= 0.6 is 0 Å². The maximum absolute atomic E-state index is 13.6. The largest absolute Gasteiger partial charge is 0.464 e. The lowest BCUT2D eigenvalue weighted by molar-refractivity contribution is -0.149. The van der Waals surface area contributed by atoms with E-state index in [9.17, 15) is 13.6 Å². The maximum atomic E-state index is 13.6. The van der Waals surface area contributed by atoms with Crippen LogP contribution in [0.4, 0.5) is 8.78 Å². The lowest BCUT2D eigenvalue weighted by atomic mass is 10.0. The Labute approximate surface area is 98.6 Å². The molecule has 5 heteroatoms. The van der Waals surface area contributed by atoms with Crippen molar-refractivity contribution in [2.45, 2.75) is 26.1 Å². The number of carbonyl (C=O) groups is 1. The number of nitrogens with two attached hydrogens (primary N) is 1. The number of rotatable bonds is 4. The van der Waals surface area contributed by atoms with Crippen LogP contribution in [0.2, 0.25) is 0 Å². The van der Waals surface area contributed by atoms with Gasteiger partial charge in [0.1, 0.15) is 5.82 Å². The molecule has 0 heterocycles. The van der Waals surface area contributed by atoms with Gasteiger partial charge >= 0.3 is 5.97 Å². The average molecular weight is 243 g/mol. The molecule has 1 aromatic rings. The molecule has 0 aliphatic carbocycles. The summed E-state index contributed by atoms with van der Waals surface area (Å²) in [5.74, 6) is -1.39. The molecule has 0 bridgehead atoms. The standard InChI is InChI=1S/C12H15F2NO2/c1-3-17-12(16)10(14)11(15)8-4-5-9(13)7(2)6-8/h4-6,10-11H,3,15H2,1-2H3/t10?,11-/m0/s1. The van der Waals surface area contributed by atoms with Crippen molar-refractivity contribution in [2.24, 2.45) is 5.73 Å². The summed E-state index contributed by atoms with van der Waals surface area (Å²) in [6, 6.07) is 2.83. The lowest BCUT2D eigenvalue weighted by Crippen LogP contribution is -2.31. The number of ether oxygens (including phenoxy) is 1. The van der Waals surface area contributed by atoms with Gasteiger partial charge in [-0.3, -0.25) is 0 Å². The first kappa shape index (κ1) is 13.6. The van der Waals surface area contributed by atoms with Gasteiger partial charge in [0.25, 0.3) is 0 Å². The summed E-state index contributed by atoms with van der Waals surface area (Å²) in [5.41, 5.74) is 6.31. The molecular formula is C12H15F2NO2. The molecule has 17 heavy (non-hydrogen) atoms. The number of halogens is 2. The minimum Gasteiger partial charge on any atom is -0.464 e. The van der Waals surface area contributed by atoms with E-state index in [2.05, 4.69) is 4.74 Å². The Balaban J connectivity index is 2.84. The third-order valence-corrected chi connectivity index (χ3v) is 2.39. The van der Waals surface area contributed by atoms with Gasteiger partial charge in [0.2, 0.25) is 6.17 Å². The first-order valence-electron chi connectivity index (χ1n) is 5.29. The van der Waals surface area contributed by atoms with E-state index in [1.165, 1.54) is 18.2 Å². The fourth-order valence-electron chi connectivity index (χ4n) is 1.41. The number of carbonyl (C=O) groups excluding carboxylic acids is 1. The van der Waals surface area contributed by atoms with Gasteiger partial charge in [-0.15, -0.1) is 0 Å². The second kappa shape index (κ2) is 5.72. The van der Waals surface area contributed by atoms with Gasteiger partial charge in [-0.25, -0.2) is 13.6 Å². The third-order valence-electron chi connectivity index (χ3n) is 2.39. The predicted molar refractivity (Wildman–Crippen MR) is 59.6 cm³/mol. The quantitative estimate of drug-likeness (QED) is 0.823. The molecule has 3 nitrogen and oxygen atoms in total. The van der Waals surface area contributed by atoms with Crippen LogP contribution in [-0.4, -0.2) is 18.7 Å². The van der Waals surface area contributed by atoms with E-state index >= 15 is 0 Å². The Morgan fingerprint density at radius 2 is 2.18 bits per heavy atom. The van der Waals surface area contributed by atoms with E-state index in [-0.39, 0.29) is 6.61 Å². The molecular weight excluding hydrogens is 228 g/mol. The third kappa shape index (κ3) is 3.23. The zero-order chi connectivity index (χ0) is 13.0. The smallest absolute Gasteiger partial charge is 0.342 e. The normalized spacial score (nSPS) is 14.2. The van der Waals surface area contributed by atoms with Crippen LogP contribution in [-0.2, 0) is 9.53 Å². The number of aryl methyl sites for hydroxylation is 1. The molecule has 1 unspecified atom stereocenters. The van der Waals surface area contributed by atoms with Crippen molar-refractivity contribution in [3.8, 4) is 0 Å². The Morgan fingerprint density at radius 3 is 2.71 bits per heavy atom. The first-order valence-corrected chi connectivity index (χ1v) is 5.29. The lowest BCUT2D eigenvalue weighted by Gasteiger charge is -2.16. The number of alkyl halides is 1. The summed E-state index contributed by atoms with van der Waals surface area (Å²) in [7, 11) is 0. The topological polar surface area (TPSA) is 52.3 Å². The summed E-state index contributed by atoms with van der Waals surface area (Å²) in [5, 5.41) is 0. The number of esters is 1. The zero-order valence-electron chi connectivity index (χ0n) is 9.74. The Bertz CT molecular complexity index is 409. The molecule has 0 fully saturated rings. The molecule has 94 valence electrons.